The highest BCUT2D eigenvalue weighted by molar-refractivity contribution is 14.0. The molecular formula is C18H26IN3O2S. The number of benzene rings is 1. The van der Waals surface area contributed by atoms with Gasteiger partial charge in [-0.2, -0.15) is 0 Å². The van der Waals surface area contributed by atoms with Gasteiger partial charge in [-0.3, -0.25) is 0 Å². The van der Waals surface area contributed by atoms with Crippen LogP contribution in [0, 0.1) is 0 Å². The molecule has 2 rings (SSSR count). The van der Waals surface area contributed by atoms with E-state index in [2.05, 4.69) is 40.1 Å². The molecule has 0 bridgehead atoms. The van der Waals surface area contributed by atoms with E-state index >= 15 is 0 Å². The van der Waals surface area contributed by atoms with Crippen molar-refractivity contribution in [2.45, 2.75) is 19.9 Å². The van der Waals surface area contributed by atoms with Crippen LogP contribution in [-0.4, -0.2) is 33.3 Å². The summed E-state index contributed by atoms with van der Waals surface area (Å²) < 4.78 is 10.6. The van der Waals surface area contributed by atoms with Gasteiger partial charge >= 0.3 is 0 Å². The normalized spacial score (nSPS) is 10.8. The first-order valence-electron chi connectivity index (χ1n) is 8.02. The fourth-order valence-corrected chi connectivity index (χ4v) is 2.96. The number of rotatable bonds is 8. The minimum Gasteiger partial charge on any atom is -0.493 e. The third-order valence-electron chi connectivity index (χ3n) is 3.46. The molecule has 0 saturated carbocycles. The van der Waals surface area contributed by atoms with Crippen molar-refractivity contribution in [2.75, 3.05) is 27.3 Å². The summed E-state index contributed by atoms with van der Waals surface area (Å²) in [7, 11) is 3.28. The maximum atomic E-state index is 5.33. The van der Waals surface area contributed by atoms with Gasteiger partial charge in [-0.05, 0) is 42.5 Å². The third-order valence-corrected chi connectivity index (χ3v) is 4.39. The first-order valence-corrected chi connectivity index (χ1v) is 8.90. The van der Waals surface area contributed by atoms with Crippen LogP contribution in [0.15, 0.2) is 40.7 Å². The molecule has 0 aliphatic carbocycles. The Labute approximate surface area is 170 Å². The molecule has 2 aromatic rings. The van der Waals surface area contributed by atoms with Gasteiger partial charge in [-0.1, -0.05) is 12.1 Å². The number of halogens is 1. The number of ether oxygens (including phenoxy) is 2. The van der Waals surface area contributed by atoms with Gasteiger partial charge in [0.15, 0.2) is 17.5 Å². The summed E-state index contributed by atoms with van der Waals surface area (Å²) in [6.07, 6.45) is 0.998. The van der Waals surface area contributed by atoms with Crippen LogP contribution in [0.1, 0.15) is 17.4 Å². The van der Waals surface area contributed by atoms with E-state index < -0.39 is 0 Å². The van der Waals surface area contributed by atoms with Gasteiger partial charge in [0.05, 0.1) is 20.8 Å². The number of guanidine groups is 1. The summed E-state index contributed by atoms with van der Waals surface area (Å²) in [6, 6.07) is 10.1. The Morgan fingerprint density at radius 3 is 2.56 bits per heavy atom. The molecule has 0 aliphatic heterocycles. The number of methoxy groups -OCH3 is 2. The van der Waals surface area contributed by atoms with Crippen LogP contribution < -0.4 is 20.1 Å². The van der Waals surface area contributed by atoms with Crippen LogP contribution in [0.2, 0.25) is 0 Å². The average Bonchev–Trinajstić information content (AvgIpc) is 3.12. The lowest BCUT2D eigenvalue weighted by molar-refractivity contribution is 0.354. The molecule has 1 heterocycles. The topological polar surface area (TPSA) is 54.9 Å². The highest BCUT2D eigenvalue weighted by Gasteiger charge is 2.05. The molecule has 0 aliphatic rings. The zero-order valence-electron chi connectivity index (χ0n) is 14.9. The number of aliphatic imine (C=N–C) groups is 1. The van der Waals surface area contributed by atoms with Crippen molar-refractivity contribution >= 4 is 41.3 Å². The maximum Gasteiger partial charge on any atom is 0.191 e. The lowest BCUT2D eigenvalue weighted by atomic mass is 10.2. The predicted molar refractivity (Wildman–Crippen MR) is 116 cm³/mol. The second-order valence-electron chi connectivity index (χ2n) is 5.14. The molecule has 0 radical (unpaired) electrons. The van der Waals surface area contributed by atoms with E-state index in [1.165, 1.54) is 4.88 Å². The van der Waals surface area contributed by atoms with E-state index in [-0.39, 0.29) is 24.0 Å². The maximum absolute atomic E-state index is 5.33. The van der Waals surface area contributed by atoms with Crippen molar-refractivity contribution in [3.8, 4) is 11.5 Å². The van der Waals surface area contributed by atoms with Crippen molar-refractivity contribution in [1.29, 1.82) is 0 Å². The highest BCUT2D eigenvalue weighted by atomic mass is 127. The van der Waals surface area contributed by atoms with Crippen molar-refractivity contribution in [3.63, 3.8) is 0 Å². The van der Waals surface area contributed by atoms with Crippen LogP contribution in [0.4, 0.5) is 0 Å². The summed E-state index contributed by atoms with van der Waals surface area (Å²) >= 11 is 1.78. The third kappa shape index (κ3) is 7.11. The summed E-state index contributed by atoms with van der Waals surface area (Å²) in [5.74, 6) is 2.27. The van der Waals surface area contributed by atoms with E-state index in [1.54, 1.807) is 25.6 Å². The van der Waals surface area contributed by atoms with Crippen LogP contribution in [0.25, 0.3) is 0 Å². The van der Waals surface area contributed by atoms with E-state index in [0.29, 0.717) is 6.54 Å². The minimum absolute atomic E-state index is 0. The molecule has 5 nitrogen and oxygen atoms in total. The average molecular weight is 475 g/mol. The smallest absolute Gasteiger partial charge is 0.191 e. The molecule has 0 spiro atoms. The van der Waals surface area contributed by atoms with Crippen molar-refractivity contribution in [1.82, 2.24) is 10.6 Å². The number of nitrogens with zero attached hydrogens (tertiary/aromatic N) is 1. The second-order valence-corrected chi connectivity index (χ2v) is 6.17. The van der Waals surface area contributed by atoms with Crippen LogP contribution >= 0.6 is 35.3 Å². The fourth-order valence-electron chi connectivity index (χ4n) is 2.25. The van der Waals surface area contributed by atoms with Gasteiger partial charge in [0, 0.05) is 18.0 Å². The van der Waals surface area contributed by atoms with Gasteiger partial charge in [0.1, 0.15) is 0 Å². The van der Waals surface area contributed by atoms with Gasteiger partial charge in [-0.25, -0.2) is 4.99 Å². The molecule has 2 N–H and O–H groups in total. The monoisotopic (exact) mass is 475 g/mol. The molecule has 25 heavy (non-hydrogen) atoms. The molecule has 0 unspecified atom stereocenters. The minimum atomic E-state index is 0. The Morgan fingerprint density at radius 1 is 1.12 bits per heavy atom. The van der Waals surface area contributed by atoms with Crippen molar-refractivity contribution < 1.29 is 9.47 Å². The molecule has 0 fully saturated rings. The van der Waals surface area contributed by atoms with Crippen molar-refractivity contribution in [2.24, 2.45) is 4.99 Å². The standard InChI is InChI=1S/C18H25N3O2S.HI/c1-4-19-18(20-10-9-15-6-5-11-24-15)21-13-14-7-8-16(22-2)17(12-14)23-3;/h5-8,11-12H,4,9-10,13H2,1-3H3,(H2,19,20,21);1H. The summed E-state index contributed by atoms with van der Waals surface area (Å²) in [6.45, 7) is 4.33. The first kappa shape index (κ1) is 21.6. The molecular weight excluding hydrogens is 449 g/mol. The summed E-state index contributed by atoms with van der Waals surface area (Å²) in [5.41, 5.74) is 1.07. The van der Waals surface area contributed by atoms with Gasteiger partial charge in [0.2, 0.25) is 0 Å². The predicted octanol–water partition coefficient (Wildman–Crippen LogP) is 3.68. The summed E-state index contributed by atoms with van der Waals surface area (Å²) in [5, 5.41) is 8.74. The van der Waals surface area contributed by atoms with Crippen molar-refractivity contribution in [3.05, 3.63) is 46.2 Å². The van der Waals surface area contributed by atoms with E-state index in [0.717, 1.165) is 42.5 Å². The lowest BCUT2D eigenvalue weighted by Crippen LogP contribution is -2.38. The lowest BCUT2D eigenvalue weighted by Gasteiger charge is -2.12. The van der Waals surface area contributed by atoms with E-state index in [9.17, 15) is 0 Å². The number of thiophene rings is 1. The van der Waals surface area contributed by atoms with E-state index in [1.807, 2.05) is 18.2 Å². The zero-order chi connectivity index (χ0) is 17.2. The molecule has 7 heteroatoms. The van der Waals surface area contributed by atoms with Crippen LogP contribution in [0.3, 0.4) is 0 Å². The molecule has 1 aromatic heterocycles. The summed E-state index contributed by atoms with van der Waals surface area (Å²) in [4.78, 5) is 6.01. The highest BCUT2D eigenvalue weighted by Crippen LogP contribution is 2.27. The van der Waals surface area contributed by atoms with Crippen LogP contribution in [-0.2, 0) is 13.0 Å². The molecule has 0 amide bonds. The molecule has 138 valence electrons. The largest absolute Gasteiger partial charge is 0.493 e. The Bertz CT molecular complexity index is 648. The van der Waals surface area contributed by atoms with E-state index in [4.69, 9.17) is 9.47 Å². The molecule has 0 atom stereocenters. The number of hydrogen-bond donors (Lipinski definition) is 2. The van der Waals surface area contributed by atoms with Gasteiger partial charge < -0.3 is 20.1 Å². The molecule has 1 aromatic carbocycles. The number of hydrogen-bond acceptors (Lipinski definition) is 4. The second kappa shape index (κ2) is 12.0. The number of nitrogens with one attached hydrogen (secondary N) is 2. The Balaban J connectivity index is 0.00000312. The quantitative estimate of drug-likeness (QED) is 0.348. The Kier molecular flexibility index (Phi) is 10.3. The molecule has 0 saturated heterocycles. The van der Waals surface area contributed by atoms with Crippen LogP contribution in [0.5, 0.6) is 11.5 Å². The van der Waals surface area contributed by atoms with Gasteiger partial charge in [-0.15, -0.1) is 35.3 Å². The zero-order valence-corrected chi connectivity index (χ0v) is 18.0. The Hall–Kier alpha value is -1.48. The first-order chi connectivity index (χ1) is 11.8. The van der Waals surface area contributed by atoms with Gasteiger partial charge in [0.25, 0.3) is 0 Å². The SMILES string of the molecule is CCNC(=NCc1ccc(OC)c(OC)c1)NCCc1cccs1.I. The fraction of sp³-hybridized carbons (Fsp3) is 0.389. The Morgan fingerprint density at radius 2 is 1.92 bits per heavy atom.